The number of thiophene rings is 1. The van der Waals surface area contributed by atoms with E-state index in [4.69, 9.17) is 0 Å². The summed E-state index contributed by atoms with van der Waals surface area (Å²) < 4.78 is 30.9. The number of rotatable bonds is 4. The van der Waals surface area contributed by atoms with E-state index in [1.165, 1.54) is 30.6 Å². The lowest BCUT2D eigenvalue weighted by Gasteiger charge is -2.04. The van der Waals surface area contributed by atoms with Gasteiger partial charge in [-0.2, -0.15) is 0 Å². The maximum absolute atomic E-state index is 13.7. The summed E-state index contributed by atoms with van der Waals surface area (Å²) in [5, 5.41) is 1.84. The van der Waals surface area contributed by atoms with Crippen molar-refractivity contribution in [3.05, 3.63) is 52.7 Å². The number of carbonyl (C=O) groups excluding carboxylic acids is 1. The van der Waals surface area contributed by atoms with E-state index in [1.807, 2.05) is 11.4 Å². The second-order valence-electron chi connectivity index (χ2n) is 3.73. The zero-order valence-corrected chi connectivity index (χ0v) is 11.7. The van der Waals surface area contributed by atoms with E-state index in [9.17, 15) is 13.4 Å². The van der Waals surface area contributed by atoms with E-state index in [0.717, 1.165) is 4.21 Å². The normalized spacial score (nSPS) is 12.1. The van der Waals surface area contributed by atoms with Gasteiger partial charge >= 0.3 is 5.97 Å². The summed E-state index contributed by atoms with van der Waals surface area (Å²) >= 11 is 1.40. The van der Waals surface area contributed by atoms with Gasteiger partial charge in [0.2, 0.25) is 0 Å². The van der Waals surface area contributed by atoms with Crippen LogP contribution in [0.15, 0.2) is 39.9 Å². The van der Waals surface area contributed by atoms with Gasteiger partial charge in [0.05, 0.1) is 33.4 Å². The van der Waals surface area contributed by atoms with Crippen LogP contribution in [0.4, 0.5) is 4.39 Å². The Bertz CT molecular complexity index is 608. The highest BCUT2D eigenvalue weighted by Gasteiger charge is 2.13. The van der Waals surface area contributed by atoms with Crippen LogP contribution >= 0.6 is 11.3 Å². The second-order valence-corrected chi connectivity index (χ2v) is 6.35. The maximum atomic E-state index is 13.7. The Kier molecular flexibility index (Phi) is 4.44. The molecule has 2 aromatic rings. The number of benzene rings is 1. The van der Waals surface area contributed by atoms with Gasteiger partial charge in [0.25, 0.3) is 0 Å². The second kappa shape index (κ2) is 6.08. The van der Waals surface area contributed by atoms with Crippen molar-refractivity contribution >= 4 is 28.1 Å². The van der Waals surface area contributed by atoms with Crippen LogP contribution in [0.2, 0.25) is 0 Å². The number of halogens is 1. The van der Waals surface area contributed by atoms with E-state index in [1.54, 1.807) is 12.1 Å². The highest BCUT2D eigenvalue weighted by molar-refractivity contribution is 7.86. The van der Waals surface area contributed by atoms with Gasteiger partial charge in [-0.1, -0.05) is 12.1 Å². The molecule has 0 N–H and O–H groups in total. The average Bonchev–Trinajstić information content (AvgIpc) is 2.92. The molecule has 1 aromatic heterocycles. The maximum Gasteiger partial charge on any atom is 0.340 e. The molecule has 3 nitrogen and oxygen atoms in total. The van der Waals surface area contributed by atoms with E-state index < -0.39 is 22.6 Å². The van der Waals surface area contributed by atoms with Crippen LogP contribution in [-0.4, -0.2) is 17.3 Å². The predicted octanol–water partition coefficient (Wildman–Crippen LogP) is 2.98. The van der Waals surface area contributed by atoms with Gasteiger partial charge in [-0.3, -0.25) is 4.21 Å². The SMILES string of the molecule is COC(=O)c1ccc(CS(=O)c2cccs2)cc1F. The molecular weight excluding hydrogens is 287 g/mol. The monoisotopic (exact) mass is 298 g/mol. The third-order valence-electron chi connectivity index (χ3n) is 2.46. The molecule has 1 unspecified atom stereocenters. The number of carbonyl (C=O) groups is 1. The first-order chi connectivity index (χ1) is 9.11. The number of hydrogen-bond donors (Lipinski definition) is 0. The van der Waals surface area contributed by atoms with Crippen LogP contribution in [0, 0.1) is 5.82 Å². The molecule has 1 aromatic carbocycles. The Morgan fingerprint density at radius 3 is 2.79 bits per heavy atom. The van der Waals surface area contributed by atoms with Crippen molar-refractivity contribution < 1.29 is 18.1 Å². The summed E-state index contributed by atoms with van der Waals surface area (Å²) in [6, 6.07) is 7.75. The Labute approximate surface area is 116 Å². The Balaban J connectivity index is 2.17. The van der Waals surface area contributed by atoms with Gasteiger partial charge in [0.1, 0.15) is 5.82 Å². The molecule has 100 valence electrons. The number of esters is 1. The first kappa shape index (κ1) is 13.9. The Hall–Kier alpha value is -1.53. The zero-order chi connectivity index (χ0) is 13.8. The molecule has 0 aliphatic rings. The molecule has 0 fully saturated rings. The fraction of sp³-hybridized carbons (Fsp3) is 0.154. The number of methoxy groups -OCH3 is 1. The van der Waals surface area contributed by atoms with Crippen LogP contribution in [0.3, 0.4) is 0 Å². The molecule has 0 aliphatic carbocycles. The molecule has 0 saturated carbocycles. The minimum absolute atomic E-state index is 0.117. The van der Waals surface area contributed by atoms with Gasteiger partial charge < -0.3 is 4.74 Å². The summed E-state index contributed by atoms with van der Waals surface area (Å²) in [6.45, 7) is 0. The lowest BCUT2D eigenvalue weighted by atomic mass is 10.1. The predicted molar refractivity (Wildman–Crippen MR) is 72.2 cm³/mol. The zero-order valence-electron chi connectivity index (χ0n) is 10.1. The quantitative estimate of drug-likeness (QED) is 0.815. The smallest absolute Gasteiger partial charge is 0.340 e. The van der Waals surface area contributed by atoms with Gasteiger partial charge in [0, 0.05) is 0 Å². The molecule has 1 heterocycles. The van der Waals surface area contributed by atoms with Crippen LogP contribution < -0.4 is 0 Å². The van der Waals surface area contributed by atoms with E-state index >= 15 is 0 Å². The number of hydrogen-bond acceptors (Lipinski definition) is 4. The van der Waals surface area contributed by atoms with Crippen LogP contribution in [0.25, 0.3) is 0 Å². The third-order valence-corrected chi connectivity index (χ3v) is 5.14. The molecule has 0 bridgehead atoms. The van der Waals surface area contributed by atoms with Crippen molar-refractivity contribution in [3.8, 4) is 0 Å². The number of ether oxygens (including phenoxy) is 1. The average molecular weight is 298 g/mol. The van der Waals surface area contributed by atoms with Crippen molar-refractivity contribution in [1.29, 1.82) is 0 Å². The highest BCUT2D eigenvalue weighted by Crippen LogP contribution is 2.19. The van der Waals surface area contributed by atoms with Crippen LogP contribution in [0.5, 0.6) is 0 Å². The molecule has 0 spiro atoms. The molecule has 2 rings (SSSR count). The highest BCUT2D eigenvalue weighted by atomic mass is 32.2. The first-order valence-corrected chi connectivity index (χ1v) is 7.60. The third kappa shape index (κ3) is 3.27. The fourth-order valence-corrected chi connectivity index (χ4v) is 3.62. The lowest BCUT2D eigenvalue weighted by Crippen LogP contribution is -2.05. The summed E-state index contributed by atoms with van der Waals surface area (Å²) in [6.07, 6.45) is 0. The minimum Gasteiger partial charge on any atom is -0.465 e. The van der Waals surface area contributed by atoms with Crippen LogP contribution in [-0.2, 0) is 21.3 Å². The molecule has 19 heavy (non-hydrogen) atoms. The summed E-state index contributed by atoms with van der Waals surface area (Å²) in [5.41, 5.74) is 0.463. The van der Waals surface area contributed by atoms with Gasteiger partial charge in [-0.15, -0.1) is 11.3 Å². The Morgan fingerprint density at radius 2 is 2.21 bits per heavy atom. The molecule has 1 atom stereocenters. The van der Waals surface area contributed by atoms with E-state index in [2.05, 4.69) is 4.74 Å². The lowest BCUT2D eigenvalue weighted by molar-refractivity contribution is 0.0595. The fourth-order valence-electron chi connectivity index (χ4n) is 1.54. The summed E-state index contributed by atoms with van der Waals surface area (Å²) in [7, 11) is 0.000993. The van der Waals surface area contributed by atoms with Crippen molar-refractivity contribution in [3.63, 3.8) is 0 Å². The summed E-state index contributed by atoms with van der Waals surface area (Å²) in [5.74, 6) is -1.16. The largest absolute Gasteiger partial charge is 0.465 e. The van der Waals surface area contributed by atoms with Crippen molar-refractivity contribution in [2.24, 2.45) is 0 Å². The van der Waals surface area contributed by atoms with Crippen molar-refractivity contribution in [2.75, 3.05) is 7.11 Å². The van der Waals surface area contributed by atoms with E-state index in [0.29, 0.717) is 5.56 Å². The molecule has 0 aliphatic heterocycles. The molecular formula is C13H11FO3S2. The molecule has 6 heteroatoms. The Morgan fingerprint density at radius 1 is 1.42 bits per heavy atom. The molecule has 0 radical (unpaired) electrons. The van der Waals surface area contributed by atoms with Crippen molar-refractivity contribution in [2.45, 2.75) is 9.96 Å². The van der Waals surface area contributed by atoms with Crippen molar-refractivity contribution in [1.82, 2.24) is 0 Å². The minimum atomic E-state index is -1.19. The first-order valence-electron chi connectivity index (χ1n) is 5.40. The van der Waals surface area contributed by atoms with E-state index in [-0.39, 0.29) is 11.3 Å². The molecule has 0 amide bonds. The molecule has 0 saturated heterocycles. The topological polar surface area (TPSA) is 43.4 Å². The van der Waals surface area contributed by atoms with Crippen LogP contribution in [0.1, 0.15) is 15.9 Å². The standard InChI is InChI=1S/C13H11FO3S2/c1-17-13(15)10-5-4-9(7-11(10)14)8-19(16)12-3-2-6-18-12/h2-7H,8H2,1H3. The van der Waals surface area contributed by atoms with Gasteiger partial charge in [-0.05, 0) is 29.1 Å². The summed E-state index contributed by atoms with van der Waals surface area (Å²) in [4.78, 5) is 11.2. The van der Waals surface area contributed by atoms with Gasteiger partial charge in [0.15, 0.2) is 0 Å². The van der Waals surface area contributed by atoms with Gasteiger partial charge in [-0.25, -0.2) is 9.18 Å².